The molecule has 0 unspecified atom stereocenters. The molecule has 0 spiro atoms. The molecule has 0 saturated carbocycles. The molecule has 0 saturated heterocycles. The van der Waals surface area contributed by atoms with Crippen molar-refractivity contribution in [2.24, 2.45) is 4.99 Å². The van der Waals surface area contributed by atoms with Gasteiger partial charge in [0.05, 0.1) is 20.8 Å². The number of ether oxygens (including phenoxy) is 2. The molecule has 8 nitrogen and oxygen atoms in total. The Morgan fingerprint density at radius 1 is 1.10 bits per heavy atom. The predicted molar refractivity (Wildman–Crippen MR) is 132 cm³/mol. The van der Waals surface area contributed by atoms with Crippen molar-refractivity contribution in [2.45, 2.75) is 13.0 Å². The van der Waals surface area contributed by atoms with Crippen molar-refractivity contribution in [1.82, 2.24) is 20.8 Å². The number of benzene rings is 2. The number of aliphatic imine (C=N–C) groups is 1. The number of aromatic nitrogens is 2. The second kappa shape index (κ2) is 12.4. The van der Waals surface area contributed by atoms with E-state index >= 15 is 0 Å². The summed E-state index contributed by atoms with van der Waals surface area (Å²) in [4.78, 5) is 8.60. The molecule has 1 aromatic heterocycles. The van der Waals surface area contributed by atoms with Gasteiger partial charge in [-0.25, -0.2) is 0 Å². The van der Waals surface area contributed by atoms with Gasteiger partial charge < -0.3 is 24.6 Å². The molecule has 1 heterocycles. The quantitative estimate of drug-likeness (QED) is 0.246. The summed E-state index contributed by atoms with van der Waals surface area (Å²) in [6.07, 6.45) is 0.792. The van der Waals surface area contributed by atoms with E-state index in [0.717, 1.165) is 17.5 Å². The van der Waals surface area contributed by atoms with Crippen LogP contribution in [0.2, 0.25) is 5.02 Å². The van der Waals surface area contributed by atoms with E-state index in [4.69, 9.17) is 25.6 Å². The molecular weight excluding hydrogens is 533 g/mol. The first kappa shape index (κ1) is 24.7. The molecule has 0 aliphatic carbocycles. The summed E-state index contributed by atoms with van der Waals surface area (Å²) in [5, 5.41) is 11.0. The highest BCUT2D eigenvalue weighted by Gasteiger charge is 2.10. The average molecular weight is 558 g/mol. The van der Waals surface area contributed by atoms with Crippen molar-refractivity contribution in [3.8, 4) is 22.9 Å². The minimum absolute atomic E-state index is 0. The molecule has 2 aromatic carbocycles. The lowest BCUT2D eigenvalue weighted by Crippen LogP contribution is -2.37. The highest BCUT2D eigenvalue weighted by Crippen LogP contribution is 2.27. The lowest BCUT2D eigenvalue weighted by Gasteiger charge is -2.12. The van der Waals surface area contributed by atoms with Crippen LogP contribution in [0.4, 0.5) is 0 Å². The minimum Gasteiger partial charge on any atom is -0.493 e. The number of hydrogen-bond donors (Lipinski definition) is 2. The third-order valence-corrected chi connectivity index (χ3v) is 4.57. The number of hydrogen-bond acceptors (Lipinski definition) is 6. The van der Waals surface area contributed by atoms with Gasteiger partial charge in [0, 0.05) is 24.2 Å². The van der Waals surface area contributed by atoms with Crippen LogP contribution in [0.1, 0.15) is 11.5 Å². The maximum Gasteiger partial charge on any atom is 0.246 e. The van der Waals surface area contributed by atoms with Gasteiger partial charge in [-0.15, -0.1) is 24.0 Å². The maximum atomic E-state index is 6.01. The largest absolute Gasteiger partial charge is 0.493 e. The Balaban J connectivity index is 0.00000341. The van der Waals surface area contributed by atoms with Crippen LogP contribution in [0.15, 0.2) is 52.0 Å². The zero-order valence-electron chi connectivity index (χ0n) is 17.5. The first-order valence-electron chi connectivity index (χ1n) is 9.37. The number of nitrogens with one attached hydrogen (secondary N) is 2. The lowest BCUT2D eigenvalue weighted by atomic mass is 10.1. The molecule has 3 rings (SSSR count). The first-order chi connectivity index (χ1) is 14.6. The smallest absolute Gasteiger partial charge is 0.246 e. The van der Waals surface area contributed by atoms with E-state index in [-0.39, 0.29) is 24.0 Å². The Morgan fingerprint density at radius 3 is 2.61 bits per heavy atom. The molecule has 31 heavy (non-hydrogen) atoms. The Labute approximate surface area is 203 Å². The van der Waals surface area contributed by atoms with Crippen LogP contribution in [-0.4, -0.2) is 43.9 Å². The lowest BCUT2D eigenvalue weighted by molar-refractivity contribution is 0.354. The number of halogens is 2. The van der Waals surface area contributed by atoms with Crippen LogP contribution >= 0.6 is 35.6 Å². The maximum absolute atomic E-state index is 6.01. The fraction of sp³-hybridized carbons (Fsp3) is 0.286. The van der Waals surface area contributed by atoms with Crippen molar-refractivity contribution in [3.05, 3.63) is 58.9 Å². The molecule has 0 aliphatic heterocycles. The van der Waals surface area contributed by atoms with Crippen molar-refractivity contribution < 1.29 is 14.0 Å². The van der Waals surface area contributed by atoms with E-state index < -0.39 is 0 Å². The van der Waals surface area contributed by atoms with E-state index in [1.54, 1.807) is 33.4 Å². The highest BCUT2D eigenvalue weighted by atomic mass is 127. The number of guanidine groups is 1. The van der Waals surface area contributed by atoms with Gasteiger partial charge >= 0.3 is 0 Å². The SMILES string of the molecule is CN=C(NCCc1ccc(OC)c(OC)c1)NCc1nc(-c2cccc(Cl)c2)no1.I. The number of nitrogens with zero attached hydrogens (tertiary/aromatic N) is 3. The fourth-order valence-corrected chi connectivity index (χ4v) is 3.00. The van der Waals surface area contributed by atoms with Gasteiger partial charge in [-0.3, -0.25) is 4.99 Å². The van der Waals surface area contributed by atoms with Crippen LogP contribution in [-0.2, 0) is 13.0 Å². The molecule has 166 valence electrons. The van der Waals surface area contributed by atoms with E-state index in [1.165, 1.54) is 0 Å². The van der Waals surface area contributed by atoms with Crippen LogP contribution in [0.25, 0.3) is 11.4 Å². The van der Waals surface area contributed by atoms with Gasteiger partial charge in [0.2, 0.25) is 11.7 Å². The standard InChI is InChI=1S/C21H24ClN5O3.HI/c1-23-21(24-10-9-14-7-8-17(28-2)18(11-14)29-3)25-13-19-26-20(27-30-19)15-5-4-6-16(22)12-15;/h4-8,11-12H,9-10,13H2,1-3H3,(H2,23,24,25);1H. The normalized spacial score (nSPS) is 10.9. The van der Waals surface area contributed by atoms with Crippen molar-refractivity contribution >= 4 is 41.5 Å². The predicted octanol–water partition coefficient (Wildman–Crippen LogP) is 3.93. The molecule has 0 amide bonds. The number of rotatable bonds is 8. The Hall–Kier alpha value is -2.53. The average Bonchev–Trinajstić information content (AvgIpc) is 3.25. The van der Waals surface area contributed by atoms with Crippen molar-refractivity contribution in [1.29, 1.82) is 0 Å². The Bertz CT molecular complexity index is 1010. The molecule has 0 bridgehead atoms. The van der Waals surface area contributed by atoms with Gasteiger partial charge in [-0.2, -0.15) is 4.98 Å². The molecule has 0 aliphatic rings. The fourth-order valence-electron chi connectivity index (χ4n) is 2.81. The summed E-state index contributed by atoms with van der Waals surface area (Å²) in [6.45, 7) is 1.04. The number of methoxy groups -OCH3 is 2. The van der Waals surface area contributed by atoms with Crippen LogP contribution in [0.5, 0.6) is 11.5 Å². The second-order valence-electron chi connectivity index (χ2n) is 6.31. The van der Waals surface area contributed by atoms with Gasteiger partial charge in [-0.05, 0) is 36.2 Å². The van der Waals surface area contributed by atoms with Crippen LogP contribution in [0.3, 0.4) is 0 Å². The van der Waals surface area contributed by atoms with Crippen molar-refractivity contribution in [2.75, 3.05) is 27.8 Å². The summed E-state index contributed by atoms with van der Waals surface area (Å²) in [6, 6.07) is 13.2. The Morgan fingerprint density at radius 2 is 1.90 bits per heavy atom. The van der Waals surface area contributed by atoms with E-state index in [2.05, 4.69) is 25.8 Å². The zero-order valence-corrected chi connectivity index (χ0v) is 20.6. The van der Waals surface area contributed by atoms with Gasteiger partial charge in [0.25, 0.3) is 0 Å². The molecule has 2 N–H and O–H groups in total. The Kier molecular flexibility index (Phi) is 9.86. The molecule has 10 heteroatoms. The highest BCUT2D eigenvalue weighted by molar-refractivity contribution is 14.0. The molecule has 0 fully saturated rings. The first-order valence-corrected chi connectivity index (χ1v) is 9.74. The zero-order chi connectivity index (χ0) is 21.3. The minimum atomic E-state index is 0. The van der Waals surface area contributed by atoms with E-state index in [9.17, 15) is 0 Å². The summed E-state index contributed by atoms with van der Waals surface area (Å²) in [5.41, 5.74) is 1.92. The molecule has 3 aromatic rings. The van der Waals surface area contributed by atoms with Crippen LogP contribution < -0.4 is 20.1 Å². The van der Waals surface area contributed by atoms with Gasteiger partial charge in [0.15, 0.2) is 17.5 Å². The summed E-state index contributed by atoms with van der Waals surface area (Å²) in [7, 11) is 4.95. The molecular formula is C21H25ClIN5O3. The van der Waals surface area contributed by atoms with E-state index in [1.807, 2.05) is 30.3 Å². The molecule has 0 atom stereocenters. The second-order valence-corrected chi connectivity index (χ2v) is 6.75. The van der Waals surface area contributed by atoms with E-state index in [0.29, 0.717) is 47.3 Å². The summed E-state index contributed by atoms with van der Waals surface area (Å²) >= 11 is 6.01. The van der Waals surface area contributed by atoms with Gasteiger partial charge in [-0.1, -0.05) is 35.0 Å². The monoisotopic (exact) mass is 557 g/mol. The summed E-state index contributed by atoms with van der Waals surface area (Å²) < 4.78 is 15.9. The van der Waals surface area contributed by atoms with Gasteiger partial charge in [0.1, 0.15) is 0 Å². The van der Waals surface area contributed by atoms with Crippen LogP contribution in [0, 0.1) is 0 Å². The molecule has 0 radical (unpaired) electrons. The third kappa shape index (κ3) is 7.00. The summed E-state index contributed by atoms with van der Waals surface area (Å²) in [5.74, 6) is 3.00. The topological polar surface area (TPSA) is 93.8 Å². The third-order valence-electron chi connectivity index (χ3n) is 4.34. The van der Waals surface area contributed by atoms with Crippen molar-refractivity contribution in [3.63, 3.8) is 0 Å².